The predicted molar refractivity (Wildman–Crippen MR) is 153 cm³/mol. The number of benzene rings is 1. The molecule has 2 saturated heterocycles. The second-order valence-corrected chi connectivity index (χ2v) is 13.0. The van der Waals surface area contributed by atoms with E-state index in [-0.39, 0.29) is 0 Å². The van der Waals surface area contributed by atoms with Gasteiger partial charge in [-0.25, -0.2) is 0 Å². The van der Waals surface area contributed by atoms with E-state index in [1.54, 1.807) is 20.7 Å². The molecule has 8 heteroatoms. The smallest absolute Gasteiger partial charge is 0.124 e. The lowest BCUT2D eigenvalue weighted by Gasteiger charge is -2.36. The maximum Gasteiger partial charge on any atom is 0.124 e. The zero-order valence-electron chi connectivity index (χ0n) is 21.5. The number of hydrogen-bond donors (Lipinski definition) is 1. The summed E-state index contributed by atoms with van der Waals surface area (Å²) in [6.07, 6.45) is 5.08. The van der Waals surface area contributed by atoms with E-state index in [9.17, 15) is 5.11 Å². The van der Waals surface area contributed by atoms with Gasteiger partial charge in [0.05, 0.1) is 0 Å². The van der Waals surface area contributed by atoms with Gasteiger partial charge in [-0.15, -0.1) is 0 Å². The number of nitrogens with zero attached hydrogens (tertiary/aromatic N) is 4. The molecule has 5 nitrogen and oxygen atoms in total. The topological polar surface area (TPSA) is 33.2 Å². The highest BCUT2D eigenvalue weighted by atomic mass is 32.9. The summed E-state index contributed by atoms with van der Waals surface area (Å²) in [5.41, 5.74) is 3.32. The van der Waals surface area contributed by atoms with Gasteiger partial charge in [-0.3, -0.25) is 9.80 Å². The number of phenolic OH excluding ortho intramolecular Hbond substituents is 1. The molecule has 35 heavy (non-hydrogen) atoms. The minimum atomic E-state index is 0.495. The van der Waals surface area contributed by atoms with Crippen molar-refractivity contribution in [2.24, 2.45) is 0 Å². The minimum Gasteiger partial charge on any atom is -0.507 e. The molecule has 2 aliphatic heterocycles. The van der Waals surface area contributed by atoms with Crippen LogP contribution < -0.4 is 0 Å². The largest absolute Gasteiger partial charge is 0.507 e. The maximum atomic E-state index is 11.4. The Morgan fingerprint density at radius 3 is 1.57 bits per heavy atom. The Morgan fingerprint density at radius 1 is 0.714 bits per heavy atom. The number of phenols is 1. The zero-order valence-corrected chi connectivity index (χ0v) is 24.0. The highest BCUT2D eigenvalue weighted by Gasteiger charge is 2.22. The van der Waals surface area contributed by atoms with Gasteiger partial charge in [0, 0.05) is 81.5 Å². The molecule has 0 unspecified atom stereocenters. The average Bonchev–Trinajstić information content (AvgIpc) is 3.31. The van der Waals surface area contributed by atoms with Crippen LogP contribution in [-0.2, 0) is 13.1 Å². The van der Waals surface area contributed by atoms with Crippen LogP contribution in [0.1, 0.15) is 50.7 Å². The summed E-state index contributed by atoms with van der Waals surface area (Å²) in [6.45, 7) is 17.4. The molecule has 0 amide bonds. The first-order valence-corrected chi connectivity index (χ1v) is 16.0. The summed E-state index contributed by atoms with van der Waals surface area (Å²) < 4.78 is 0.938. The average molecular weight is 535 g/mol. The Hall–Kier alpha value is -0.870. The Bertz CT molecular complexity index is 924. The first-order chi connectivity index (χ1) is 17.1. The van der Waals surface area contributed by atoms with Crippen molar-refractivity contribution in [3.8, 4) is 16.2 Å². The van der Waals surface area contributed by atoms with Crippen LogP contribution >= 0.6 is 32.9 Å². The quantitative estimate of drug-likeness (QED) is 0.292. The molecule has 0 aliphatic carbocycles. The SMILES string of the molecule is CCCCN1CCN(Cc2cc(-c3cc(=S)ss3)cc(CN3CCN(CCCC)CC3)c2O)CC1. The van der Waals surface area contributed by atoms with E-state index in [4.69, 9.17) is 12.2 Å². The van der Waals surface area contributed by atoms with Crippen LogP contribution in [0.2, 0.25) is 0 Å². The van der Waals surface area contributed by atoms with E-state index >= 15 is 0 Å². The third-order valence-electron chi connectivity index (χ3n) is 7.39. The van der Waals surface area contributed by atoms with Crippen molar-refractivity contribution in [1.29, 1.82) is 0 Å². The van der Waals surface area contributed by atoms with E-state index in [0.29, 0.717) is 5.75 Å². The maximum absolute atomic E-state index is 11.4. The summed E-state index contributed by atoms with van der Waals surface area (Å²) >= 11 is 5.42. The van der Waals surface area contributed by atoms with E-state index in [0.717, 1.165) is 80.4 Å². The second kappa shape index (κ2) is 13.6. The van der Waals surface area contributed by atoms with Gasteiger partial charge in [-0.05, 0) is 49.7 Å². The molecule has 0 saturated carbocycles. The van der Waals surface area contributed by atoms with Crippen molar-refractivity contribution >= 4 is 32.9 Å². The number of rotatable bonds is 11. The van der Waals surface area contributed by atoms with Gasteiger partial charge in [0.15, 0.2) is 0 Å². The molecule has 2 aliphatic rings. The summed E-state index contributed by atoms with van der Waals surface area (Å²) in [4.78, 5) is 11.4. The van der Waals surface area contributed by atoms with E-state index in [1.165, 1.54) is 49.2 Å². The van der Waals surface area contributed by atoms with Crippen molar-refractivity contribution in [1.82, 2.24) is 19.6 Å². The van der Waals surface area contributed by atoms with E-state index in [2.05, 4.69) is 51.6 Å². The molecule has 0 spiro atoms. The lowest BCUT2D eigenvalue weighted by Crippen LogP contribution is -2.46. The second-order valence-electron chi connectivity index (χ2n) is 10.1. The van der Waals surface area contributed by atoms with Crippen LogP contribution in [0.4, 0.5) is 0 Å². The molecule has 2 fully saturated rings. The predicted octanol–water partition coefficient (Wildman–Crippen LogP) is 5.75. The van der Waals surface area contributed by atoms with Crippen molar-refractivity contribution in [2.75, 3.05) is 65.4 Å². The highest BCUT2D eigenvalue weighted by molar-refractivity contribution is 7.80. The van der Waals surface area contributed by atoms with Gasteiger partial charge >= 0.3 is 0 Å². The van der Waals surface area contributed by atoms with Crippen LogP contribution in [0.15, 0.2) is 18.2 Å². The normalized spacial score (nSPS) is 18.9. The fraction of sp³-hybridized carbons (Fsp3) is 0.667. The molecule has 1 aromatic carbocycles. The summed E-state index contributed by atoms with van der Waals surface area (Å²) in [7, 11) is 3.41. The number of piperazine rings is 2. The lowest BCUT2D eigenvalue weighted by molar-refractivity contribution is 0.123. The van der Waals surface area contributed by atoms with Gasteiger partial charge in [0.1, 0.15) is 9.57 Å². The molecule has 3 heterocycles. The van der Waals surface area contributed by atoms with Crippen LogP contribution in [0.5, 0.6) is 5.75 Å². The van der Waals surface area contributed by atoms with E-state index < -0.39 is 0 Å². The van der Waals surface area contributed by atoms with Crippen molar-refractivity contribution in [3.05, 3.63) is 33.1 Å². The molecule has 0 bridgehead atoms. The van der Waals surface area contributed by atoms with Crippen LogP contribution in [0.25, 0.3) is 10.4 Å². The highest BCUT2D eigenvalue weighted by Crippen LogP contribution is 2.36. The molecule has 0 atom stereocenters. The molecular weight excluding hydrogens is 493 g/mol. The molecule has 0 radical (unpaired) electrons. The number of aromatic hydroxyl groups is 1. The molecule has 2 aromatic rings. The van der Waals surface area contributed by atoms with E-state index in [1.807, 2.05) is 0 Å². The van der Waals surface area contributed by atoms with Gasteiger partial charge in [0.2, 0.25) is 0 Å². The van der Waals surface area contributed by atoms with Gasteiger partial charge < -0.3 is 14.9 Å². The van der Waals surface area contributed by atoms with Crippen molar-refractivity contribution < 1.29 is 5.11 Å². The van der Waals surface area contributed by atoms with Gasteiger partial charge in [-0.2, -0.15) is 0 Å². The summed E-state index contributed by atoms with van der Waals surface area (Å²) in [6, 6.07) is 6.53. The van der Waals surface area contributed by atoms with Crippen molar-refractivity contribution in [2.45, 2.75) is 52.6 Å². The van der Waals surface area contributed by atoms with Crippen molar-refractivity contribution in [3.63, 3.8) is 0 Å². The third kappa shape index (κ3) is 7.81. The standard InChI is InChI=1S/C27H42N4OS3/c1-3-5-7-28-9-13-30(14-10-28)20-23-17-22(25-19-26(33)35-34-25)18-24(27(23)32)21-31-15-11-29(12-16-31)8-6-4-2/h17-19,32H,3-16,20-21H2,1-2H3. The Labute approximate surface area is 224 Å². The zero-order chi connectivity index (χ0) is 24.6. The minimum absolute atomic E-state index is 0.495. The fourth-order valence-electron chi connectivity index (χ4n) is 5.10. The first-order valence-electron chi connectivity index (χ1n) is 13.4. The van der Waals surface area contributed by atoms with Crippen LogP contribution in [0, 0.1) is 3.82 Å². The molecule has 1 aromatic heterocycles. The lowest BCUT2D eigenvalue weighted by atomic mass is 10.0. The third-order valence-corrected chi connectivity index (χ3v) is 10.3. The summed E-state index contributed by atoms with van der Waals surface area (Å²) in [5, 5.41) is 11.4. The first kappa shape index (κ1) is 27.2. The van der Waals surface area contributed by atoms with Gasteiger partial charge in [-0.1, -0.05) is 59.6 Å². The summed E-state index contributed by atoms with van der Waals surface area (Å²) in [5.74, 6) is 0.495. The van der Waals surface area contributed by atoms with Crippen LogP contribution in [-0.4, -0.2) is 90.2 Å². The molecular formula is C27H42N4OS3. The molecule has 1 N–H and O–H groups in total. The van der Waals surface area contributed by atoms with Crippen LogP contribution in [0.3, 0.4) is 0 Å². The Morgan fingerprint density at radius 2 is 1.17 bits per heavy atom. The monoisotopic (exact) mass is 534 g/mol. The fourth-order valence-corrected chi connectivity index (χ4v) is 7.49. The van der Waals surface area contributed by atoms with Gasteiger partial charge in [0.25, 0.3) is 0 Å². The number of hydrogen-bond acceptors (Lipinski definition) is 8. The Balaban J connectivity index is 1.47. The number of unbranched alkanes of at least 4 members (excludes halogenated alkanes) is 2. The molecule has 4 rings (SSSR count). The Kier molecular flexibility index (Phi) is 10.6. The molecule has 194 valence electrons.